The second-order valence-electron chi connectivity index (χ2n) is 4.84. The van der Waals surface area contributed by atoms with E-state index in [2.05, 4.69) is 5.32 Å². The number of aromatic nitrogens is 1. The molecule has 1 aromatic carbocycles. The first-order valence-corrected chi connectivity index (χ1v) is 7.33. The van der Waals surface area contributed by atoms with Gasteiger partial charge in [-0.1, -0.05) is 23.2 Å². The number of pyridine rings is 1. The van der Waals surface area contributed by atoms with Crippen molar-refractivity contribution in [2.45, 2.75) is 6.54 Å². The summed E-state index contributed by atoms with van der Waals surface area (Å²) in [7, 11) is 1.52. The van der Waals surface area contributed by atoms with Crippen LogP contribution in [0.4, 0.5) is 0 Å². The number of nitrogens with zero attached hydrogens (tertiary/aromatic N) is 1. The van der Waals surface area contributed by atoms with Crippen LogP contribution in [0.25, 0.3) is 0 Å². The minimum Gasteiger partial charge on any atom is -0.365 e. The Morgan fingerprint density at radius 2 is 1.91 bits per heavy atom. The number of rotatable bonds is 4. The molecule has 23 heavy (non-hydrogen) atoms. The van der Waals surface area contributed by atoms with Crippen LogP contribution in [-0.4, -0.2) is 23.4 Å². The molecule has 2 aromatic rings. The summed E-state index contributed by atoms with van der Waals surface area (Å²) in [5, 5.41) is 11.2. The van der Waals surface area contributed by atoms with Gasteiger partial charge in [-0.2, -0.15) is 0 Å². The van der Waals surface area contributed by atoms with Crippen LogP contribution in [0.2, 0.25) is 10.0 Å². The Morgan fingerprint density at radius 1 is 1.22 bits per heavy atom. The van der Waals surface area contributed by atoms with Crippen molar-refractivity contribution in [2.24, 2.45) is 5.73 Å². The normalized spacial score (nSPS) is 10.4. The molecule has 0 spiro atoms. The SMILES string of the molecule is CNC(=O)c1cc(Cl)cc(Cn2cc(Cl)cc(C(N)=O)c2=N)c1. The number of nitrogens with two attached hydrogens (primary N) is 1. The number of benzene rings is 1. The van der Waals surface area contributed by atoms with Gasteiger partial charge in [0.15, 0.2) is 0 Å². The maximum atomic E-state index is 11.7. The molecule has 2 amide bonds. The van der Waals surface area contributed by atoms with Crippen molar-refractivity contribution >= 4 is 35.0 Å². The molecule has 0 saturated carbocycles. The highest BCUT2D eigenvalue weighted by Gasteiger charge is 2.11. The molecule has 0 atom stereocenters. The van der Waals surface area contributed by atoms with E-state index in [0.717, 1.165) is 0 Å². The quantitative estimate of drug-likeness (QED) is 0.780. The largest absolute Gasteiger partial charge is 0.365 e. The van der Waals surface area contributed by atoms with E-state index in [-0.39, 0.29) is 28.5 Å². The van der Waals surface area contributed by atoms with Crippen LogP contribution >= 0.6 is 23.2 Å². The van der Waals surface area contributed by atoms with Crippen molar-refractivity contribution in [2.75, 3.05) is 7.05 Å². The summed E-state index contributed by atoms with van der Waals surface area (Å²) in [5.74, 6) is -1.00. The first-order chi connectivity index (χ1) is 10.8. The molecular weight excluding hydrogens is 339 g/mol. The predicted molar refractivity (Wildman–Crippen MR) is 87.8 cm³/mol. The third-order valence-electron chi connectivity index (χ3n) is 3.17. The molecule has 0 aliphatic carbocycles. The lowest BCUT2D eigenvalue weighted by atomic mass is 10.1. The Balaban J connectivity index is 2.48. The lowest BCUT2D eigenvalue weighted by molar-refractivity contribution is 0.0961. The zero-order valence-electron chi connectivity index (χ0n) is 12.2. The van der Waals surface area contributed by atoms with E-state index in [9.17, 15) is 9.59 Å². The van der Waals surface area contributed by atoms with Crippen LogP contribution < -0.4 is 16.5 Å². The zero-order chi connectivity index (χ0) is 17.1. The van der Waals surface area contributed by atoms with Crippen molar-refractivity contribution in [3.05, 3.63) is 62.7 Å². The van der Waals surface area contributed by atoms with Gasteiger partial charge in [0.1, 0.15) is 5.49 Å². The van der Waals surface area contributed by atoms with E-state index in [1.54, 1.807) is 18.2 Å². The van der Waals surface area contributed by atoms with Crippen LogP contribution in [-0.2, 0) is 6.54 Å². The van der Waals surface area contributed by atoms with Gasteiger partial charge >= 0.3 is 0 Å². The van der Waals surface area contributed by atoms with Crippen molar-refractivity contribution in [1.29, 1.82) is 5.41 Å². The number of nitrogens with one attached hydrogen (secondary N) is 2. The predicted octanol–water partition coefficient (Wildman–Crippen LogP) is 1.78. The molecule has 0 aliphatic rings. The van der Waals surface area contributed by atoms with Gasteiger partial charge in [-0.15, -0.1) is 0 Å². The summed E-state index contributed by atoms with van der Waals surface area (Å²) < 4.78 is 1.46. The molecule has 1 aromatic heterocycles. The summed E-state index contributed by atoms with van der Waals surface area (Å²) >= 11 is 12.0. The van der Waals surface area contributed by atoms with E-state index in [1.165, 1.54) is 23.9 Å². The van der Waals surface area contributed by atoms with Gasteiger partial charge in [0.25, 0.3) is 11.8 Å². The van der Waals surface area contributed by atoms with Crippen LogP contribution in [0, 0.1) is 5.41 Å². The number of primary amides is 1. The molecule has 1 heterocycles. The standard InChI is InChI=1S/C15H14Cl2N4O2/c1-20-15(23)9-2-8(3-10(16)4-9)6-21-7-11(17)5-12(13(21)18)14(19)22/h2-5,7,18H,6H2,1H3,(H2,19,22)(H,20,23). The molecule has 2 rings (SSSR count). The van der Waals surface area contributed by atoms with Gasteiger partial charge in [0, 0.05) is 30.4 Å². The van der Waals surface area contributed by atoms with Crippen LogP contribution in [0.5, 0.6) is 0 Å². The highest BCUT2D eigenvalue weighted by Crippen LogP contribution is 2.17. The van der Waals surface area contributed by atoms with Gasteiger partial charge in [-0.3, -0.25) is 15.0 Å². The fraction of sp³-hybridized carbons (Fsp3) is 0.133. The monoisotopic (exact) mass is 352 g/mol. The number of hydrogen-bond donors (Lipinski definition) is 3. The molecule has 0 aliphatic heterocycles. The molecule has 0 fully saturated rings. The van der Waals surface area contributed by atoms with E-state index in [1.807, 2.05) is 0 Å². The number of hydrogen-bond acceptors (Lipinski definition) is 3. The van der Waals surface area contributed by atoms with Crippen molar-refractivity contribution in [1.82, 2.24) is 9.88 Å². The number of halogens is 2. The first kappa shape index (κ1) is 17.1. The molecule has 0 saturated heterocycles. The van der Waals surface area contributed by atoms with Crippen molar-refractivity contribution in [3.8, 4) is 0 Å². The van der Waals surface area contributed by atoms with Gasteiger partial charge in [-0.05, 0) is 29.8 Å². The van der Waals surface area contributed by atoms with Crippen molar-refractivity contribution < 1.29 is 9.59 Å². The smallest absolute Gasteiger partial charge is 0.252 e. The number of amides is 2. The van der Waals surface area contributed by atoms with Crippen LogP contribution in [0.1, 0.15) is 26.3 Å². The summed E-state index contributed by atoms with van der Waals surface area (Å²) in [6.45, 7) is 0.213. The van der Waals surface area contributed by atoms with Gasteiger partial charge < -0.3 is 15.6 Å². The minimum atomic E-state index is -0.733. The second-order valence-corrected chi connectivity index (χ2v) is 5.71. The fourth-order valence-corrected chi connectivity index (χ4v) is 2.62. The molecular formula is C15H14Cl2N4O2. The second kappa shape index (κ2) is 6.85. The zero-order valence-corrected chi connectivity index (χ0v) is 13.7. The van der Waals surface area contributed by atoms with E-state index < -0.39 is 5.91 Å². The average Bonchev–Trinajstić information content (AvgIpc) is 2.48. The molecule has 8 heteroatoms. The van der Waals surface area contributed by atoms with Gasteiger partial charge in [0.05, 0.1) is 10.6 Å². The molecule has 0 radical (unpaired) electrons. The molecule has 120 valence electrons. The molecule has 0 unspecified atom stereocenters. The summed E-state index contributed by atoms with van der Waals surface area (Å²) in [5.41, 5.74) is 6.29. The third-order valence-corrected chi connectivity index (χ3v) is 3.59. The van der Waals surface area contributed by atoms with Crippen LogP contribution in [0.15, 0.2) is 30.5 Å². The maximum Gasteiger partial charge on any atom is 0.252 e. The van der Waals surface area contributed by atoms with E-state index in [0.29, 0.717) is 16.1 Å². The van der Waals surface area contributed by atoms with Gasteiger partial charge in [-0.25, -0.2) is 0 Å². The van der Waals surface area contributed by atoms with E-state index in [4.69, 9.17) is 34.3 Å². The van der Waals surface area contributed by atoms with E-state index >= 15 is 0 Å². The Morgan fingerprint density at radius 3 is 2.52 bits per heavy atom. The maximum absolute atomic E-state index is 11.7. The molecule has 6 nitrogen and oxygen atoms in total. The minimum absolute atomic E-state index is 0.0195. The number of carbonyl (C=O) groups is 2. The summed E-state index contributed by atoms with van der Waals surface area (Å²) in [4.78, 5) is 23.1. The third kappa shape index (κ3) is 3.91. The lowest BCUT2D eigenvalue weighted by Crippen LogP contribution is -2.29. The summed E-state index contributed by atoms with van der Waals surface area (Å²) in [6.07, 6.45) is 1.51. The highest BCUT2D eigenvalue weighted by atomic mass is 35.5. The number of carbonyl (C=O) groups excluding carboxylic acids is 2. The molecule has 0 bridgehead atoms. The Labute approximate surface area is 142 Å². The summed E-state index contributed by atoms with van der Waals surface area (Å²) in [6, 6.07) is 6.22. The Bertz CT molecular complexity index is 846. The first-order valence-electron chi connectivity index (χ1n) is 6.57. The van der Waals surface area contributed by atoms with Gasteiger partial charge in [0.2, 0.25) is 0 Å². The Kier molecular flexibility index (Phi) is 5.08. The van der Waals surface area contributed by atoms with Crippen molar-refractivity contribution in [3.63, 3.8) is 0 Å². The average molecular weight is 353 g/mol. The fourth-order valence-electron chi connectivity index (χ4n) is 2.14. The Hall–Kier alpha value is -2.31. The molecule has 4 N–H and O–H groups in total. The highest BCUT2D eigenvalue weighted by molar-refractivity contribution is 6.31. The lowest BCUT2D eigenvalue weighted by Gasteiger charge is -2.11. The topological polar surface area (TPSA) is 101 Å². The van der Waals surface area contributed by atoms with Crippen LogP contribution in [0.3, 0.4) is 0 Å².